The molecule has 9 heteroatoms. The molecule has 7 nitrogen and oxygen atoms in total. The van der Waals surface area contributed by atoms with Gasteiger partial charge in [0.15, 0.2) is 11.8 Å². The molecule has 0 saturated carbocycles. The maximum atomic E-state index is 13.5. The lowest BCUT2D eigenvalue weighted by atomic mass is 10.0. The monoisotopic (exact) mass is 549 g/mol. The summed E-state index contributed by atoms with van der Waals surface area (Å²) in [5.41, 5.74) is 3.05. The van der Waals surface area contributed by atoms with Gasteiger partial charge in [0, 0.05) is 36.9 Å². The van der Waals surface area contributed by atoms with Crippen molar-refractivity contribution in [3.63, 3.8) is 0 Å². The summed E-state index contributed by atoms with van der Waals surface area (Å²) >= 11 is 0. The van der Waals surface area contributed by atoms with Gasteiger partial charge in [-0.15, -0.1) is 24.0 Å². The van der Waals surface area contributed by atoms with Gasteiger partial charge in [-0.3, -0.25) is 5.10 Å². The van der Waals surface area contributed by atoms with E-state index in [4.69, 9.17) is 4.99 Å². The van der Waals surface area contributed by atoms with E-state index in [9.17, 15) is 4.39 Å². The highest BCUT2D eigenvalue weighted by molar-refractivity contribution is 14.0. The van der Waals surface area contributed by atoms with Crippen molar-refractivity contribution in [2.75, 3.05) is 24.5 Å². The van der Waals surface area contributed by atoms with Gasteiger partial charge in [-0.25, -0.2) is 14.4 Å². The van der Waals surface area contributed by atoms with Crippen LogP contribution in [0.25, 0.3) is 11.4 Å². The molecule has 32 heavy (non-hydrogen) atoms. The van der Waals surface area contributed by atoms with Crippen molar-refractivity contribution in [2.45, 2.75) is 32.4 Å². The Hall–Kier alpha value is -2.69. The van der Waals surface area contributed by atoms with E-state index >= 15 is 0 Å². The van der Waals surface area contributed by atoms with E-state index in [1.807, 2.05) is 18.2 Å². The van der Waals surface area contributed by atoms with Crippen molar-refractivity contribution in [2.24, 2.45) is 4.99 Å². The van der Waals surface area contributed by atoms with Gasteiger partial charge in [0.2, 0.25) is 0 Å². The molecule has 0 bridgehead atoms. The molecule has 0 radical (unpaired) electrons. The smallest absolute Gasteiger partial charge is 0.191 e. The minimum Gasteiger partial charge on any atom is -0.371 e. The average molecular weight is 549 g/mol. The molecular formula is C23H29FIN7. The van der Waals surface area contributed by atoms with Crippen LogP contribution in [0.15, 0.2) is 59.9 Å². The summed E-state index contributed by atoms with van der Waals surface area (Å²) in [5, 5.41) is 13.7. The van der Waals surface area contributed by atoms with Crippen LogP contribution in [-0.2, 0) is 6.54 Å². The predicted molar refractivity (Wildman–Crippen MR) is 137 cm³/mol. The summed E-state index contributed by atoms with van der Waals surface area (Å²) in [6.07, 6.45) is 3.46. The van der Waals surface area contributed by atoms with Crippen LogP contribution in [0, 0.1) is 5.82 Å². The van der Waals surface area contributed by atoms with Crippen LogP contribution in [0.3, 0.4) is 0 Å². The van der Waals surface area contributed by atoms with Crippen LogP contribution in [0.1, 0.15) is 25.3 Å². The highest BCUT2D eigenvalue weighted by atomic mass is 127. The SMILES string of the molecule is CCNC(=NCc1cccc(-c2ncn[nH]2)c1)NC1CCN(c2cccc(F)c2)CC1.I. The minimum absolute atomic E-state index is 0. The molecule has 170 valence electrons. The second-order valence-electron chi connectivity index (χ2n) is 7.62. The molecule has 1 fully saturated rings. The Kier molecular flexibility index (Phi) is 8.83. The average Bonchev–Trinajstić information content (AvgIpc) is 3.33. The summed E-state index contributed by atoms with van der Waals surface area (Å²) in [6, 6.07) is 15.3. The second-order valence-corrected chi connectivity index (χ2v) is 7.62. The Bertz CT molecular complexity index is 1000. The molecule has 0 aliphatic carbocycles. The molecule has 3 N–H and O–H groups in total. The van der Waals surface area contributed by atoms with Gasteiger partial charge >= 0.3 is 0 Å². The maximum absolute atomic E-state index is 13.5. The molecule has 1 aliphatic heterocycles. The summed E-state index contributed by atoms with van der Waals surface area (Å²) in [7, 11) is 0. The number of halogens is 2. The number of hydrogen-bond donors (Lipinski definition) is 3. The number of anilines is 1. The lowest BCUT2D eigenvalue weighted by Crippen LogP contribution is -2.48. The molecule has 1 saturated heterocycles. The van der Waals surface area contributed by atoms with Crippen LogP contribution in [0.4, 0.5) is 10.1 Å². The number of H-pyrrole nitrogens is 1. The Morgan fingerprint density at radius 3 is 2.72 bits per heavy atom. The number of nitrogens with one attached hydrogen (secondary N) is 3. The molecule has 0 atom stereocenters. The maximum Gasteiger partial charge on any atom is 0.191 e. The van der Waals surface area contributed by atoms with Crippen molar-refractivity contribution in [3.05, 3.63) is 66.2 Å². The number of guanidine groups is 1. The molecule has 3 aromatic rings. The molecule has 1 aliphatic rings. The number of nitrogens with zero attached hydrogens (tertiary/aromatic N) is 4. The van der Waals surface area contributed by atoms with Crippen LogP contribution < -0.4 is 15.5 Å². The third-order valence-electron chi connectivity index (χ3n) is 5.39. The summed E-state index contributed by atoms with van der Waals surface area (Å²) < 4.78 is 13.5. The van der Waals surface area contributed by atoms with E-state index in [-0.39, 0.29) is 29.8 Å². The summed E-state index contributed by atoms with van der Waals surface area (Å²) in [5.74, 6) is 1.38. The lowest BCUT2D eigenvalue weighted by molar-refractivity contribution is 0.461. The third-order valence-corrected chi connectivity index (χ3v) is 5.39. The largest absolute Gasteiger partial charge is 0.371 e. The molecular weight excluding hydrogens is 520 g/mol. The molecule has 2 heterocycles. The molecule has 0 spiro atoms. The highest BCUT2D eigenvalue weighted by Gasteiger charge is 2.20. The van der Waals surface area contributed by atoms with Crippen molar-refractivity contribution in [3.8, 4) is 11.4 Å². The number of benzene rings is 2. The fraction of sp³-hybridized carbons (Fsp3) is 0.348. The molecule has 2 aromatic carbocycles. The number of aliphatic imine (C=N–C) groups is 1. The van der Waals surface area contributed by atoms with E-state index in [2.05, 4.69) is 49.8 Å². The fourth-order valence-electron chi connectivity index (χ4n) is 3.80. The minimum atomic E-state index is -0.188. The quantitative estimate of drug-likeness (QED) is 0.247. The van der Waals surface area contributed by atoms with Crippen molar-refractivity contribution >= 4 is 35.6 Å². The molecule has 0 unspecified atom stereocenters. The van der Waals surface area contributed by atoms with Gasteiger partial charge in [0.1, 0.15) is 12.1 Å². The van der Waals surface area contributed by atoms with Crippen LogP contribution in [-0.4, -0.2) is 46.8 Å². The second kappa shape index (κ2) is 11.8. The zero-order chi connectivity index (χ0) is 21.5. The van der Waals surface area contributed by atoms with Crippen molar-refractivity contribution in [1.29, 1.82) is 0 Å². The number of aromatic amines is 1. The van der Waals surface area contributed by atoms with Gasteiger partial charge < -0.3 is 15.5 Å². The molecule has 0 amide bonds. The zero-order valence-corrected chi connectivity index (χ0v) is 20.4. The van der Waals surface area contributed by atoms with E-state index in [1.165, 1.54) is 12.4 Å². The van der Waals surface area contributed by atoms with E-state index < -0.39 is 0 Å². The first-order valence-corrected chi connectivity index (χ1v) is 10.7. The standard InChI is InChI=1S/C23H28FN7.HI/c1-2-25-23(26-15-17-5-3-6-18(13-17)22-27-16-28-30-22)29-20-9-11-31(12-10-20)21-8-4-7-19(24)14-21;/h3-8,13-14,16,20H,2,9-12,15H2,1H3,(H2,25,26,29)(H,27,28,30);1H. The van der Waals surface area contributed by atoms with Gasteiger partial charge in [-0.2, -0.15) is 5.10 Å². The first-order chi connectivity index (χ1) is 15.2. The number of hydrogen-bond acceptors (Lipinski definition) is 4. The van der Waals surface area contributed by atoms with Crippen molar-refractivity contribution < 1.29 is 4.39 Å². The van der Waals surface area contributed by atoms with Gasteiger partial charge in [-0.05, 0) is 49.6 Å². The molecule has 1 aromatic heterocycles. The topological polar surface area (TPSA) is 81.2 Å². The Labute approximate surface area is 205 Å². The lowest BCUT2D eigenvalue weighted by Gasteiger charge is -2.34. The first kappa shape index (κ1) is 24.0. The van der Waals surface area contributed by atoms with Crippen molar-refractivity contribution in [1.82, 2.24) is 25.8 Å². The Morgan fingerprint density at radius 2 is 2.00 bits per heavy atom. The fourth-order valence-corrected chi connectivity index (χ4v) is 3.80. The number of rotatable bonds is 6. The van der Waals surface area contributed by atoms with Gasteiger partial charge in [0.25, 0.3) is 0 Å². The van der Waals surface area contributed by atoms with Crippen LogP contribution in [0.5, 0.6) is 0 Å². The molecule has 4 rings (SSSR count). The van der Waals surface area contributed by atoms with E-state index in [1.54, 1.807) is 12.1 Å². The van der Waals surface area contributed by atoms with Gasteiger partial charge in [-0.1, -0.05) is 24.3 Å². The van der Waals surface area contributed by atoms with Crippen LogP contribution >= 0.6 is 24.0 Å². The Morgan fingerprint density at radius 1 is 1.19 bits per heavy atom. The third kappa shape index (κ3) is 6.41. The predicted octanol–water partition coefficient (Wildman–Crippen LogP) is 3.95. The number of aromatic nitrogens is 3. The summed E-state index contributed by atoms with van der Waals surface area (Å²) in [4.78, 5) is 11.2. The summed E-state index contributed by atoms with van der Waals surface area (Å²) in [6.45, 7) is 5.21. The van der Waals surface area contributed by atoms with E-state index in [0.717, 1.165) is 61.1 Å². The van der Waals surface area contributed by atoms with Gasteiger partial charge in [0.05, 0.1) is 6.54 Å². The number of piperidine rings is 1. The first-order valence-electron chi connectivity index (χ1n) is 10.7. The normalized spacial score (nSPS) is 14.7. The van der Waals surface area contributed by atoms with Crippen LogP contribution in [0.2, 0.25) is 0 Å². The highest BCUT2D eigenvalue weighted by Crippen LogP contribution is 2.21. The zero-order valence-electron chi connectivity index (χ0n) is 18.1. The van der Waals surface area contributed by atoms with E-state index in [0.29, 0.717) is 12.6 Å². The Balaban J connectivity index is 0.00000289.